The molecule has 2 heterocycles. The summed E-state index contributed by atoms with van der Waals surface area (Å²) < 4.78 is 10.8. The molecule has 0 aliphatic carbocycles. The van der Waals surface area contributed by atoms with Crippen LogP contribution >= 0.6 is 23.4 Å². The van der Waals surface area contributed by atoms with Gasteiger partial charge in [-0.05, 0) is 18.2 Å². The van der Waals surface area contributed by atoms with Crippen molar-refractivity contribution in [1.29, 1.82) is 0 Å². The van der Waals surface area contributed by atoms with E-state index in [4.69, 9.17) is 20.8 Å². The summed E-state index contributed by atoms with van der Waals surface area (Å²) in [7, 11) is 0. The van der Waals surface area contributed by atoms with Crippen LogP contribution in [0.1, 0.15) is 0 Å². The lowest BCUT2D eigenvalue weighted by molar-refractivity contribution is -0.121. The van der Waals surface area contributed by atoms with Crippen LogP contribution in [0.5, 0.6) is 0 Å². The number of halogens is 1. The number of thioether (sulfide) groups is 1. The third-order valence-electron chi connectivity index (χ3n) is 2.98. The molecule has 1 aliphatic rings. The molecule has 1 aromatic heterocycles. The molecule has 0 atom stereocenters. The lowest BCUT2D eigenvalue weighted by Gasteiger charge is -2.39. The summed E-state index contributed by atoms with van der Waals surface area (Å²) in [5.74, 6) is 0.740. The van der Waals surface area contributed by atoms with Crippen LogP contribution in [0.2, 0.25) is 5.02 Å². The van der Waals surface area contributed by atoms with E-state index in [1.807, 2.05) is 6.07 Å². The molecule has 0 saturated carbocycles. The van der Waals surface area contributed by atoms with Gasteiger partial charge in [0.1, 0.15) is 5.52 Å². The number of ether oxygens (including phenoxy) is 1. The smallest absolute Gasteiger partial charge is 0.256 e. The number of oxazole rings is 1. The van der Waals surface area contributed by atoms with Gasteiger partial charge in [0.25, 0.3) is 5.22 Å². The normalized spacial score (nSPS) is 17.9. The monoisotopic (exact) mass is 285 g/mol. The van der Waals surface area contributed by atoms with Crippen molar-refractivity contribution in [1.82, 2.24) is 4.98 Å². The molecule has 4 nitrogen and oxygen atoms in total. The van der Waals surface area contributed by atoms with Gasteiger partial charge in [0.05, 0.1) is 19.8 Å². The summed E-state index contributed by atoms with van der Waals surface area (Å²) in [5, 5.41) is 10.6. The van der Waals surface area contributed by atoms with Crippen molar-refractivity contribution in [3.8, 4) is 0 Å². The first-order chi connectivity index (χ1) is 8.71. The minimum atomic E-state index is -0.136. The van der Waals surface area contributed by atoms with Crippen molar-refractivity contribution in [2.24, 2.45) is 5.41 Å². The Kier molecular flexibility index (Phi) is 3.23. The molecule has 0 amide bonds. The first-order valence-electron chi connectivity index (χ1n) is 5.58. The summed E-state index contributed by atoms with van der Waals surface area (Å²) in [6.45, 7) is 1.33. The largest absolute Gasteiger partial charge is 0.431 e. The van der Waals surface area contributed by atoms with E-state index in [2.05, 4.69) is 4.98 Å². The first-order valence-corrected chi connectivity index (χ1v) is 6.95. The molecule has 2 aromatic rings. The van der Waals surface area contributed by atoms with Crippen LogP contribution in [0.3, 0.4) is 0 Å². The average molecular weight is 286 g/mol. The van der Waals surface area contributed by atoms with E-state index in [1.54, 1.807) is 12.1 Å². The molecule has 3 rings (SSSR count). The Hall–Kier alpha value is -0.750. The Morgan fingerprint density at radius 2 is 2.28 bits per heavy atom. The molecule has 0 unspecified atom stereocenters. The van der Waals surface area contributed by atoms with Crippen molar-refractivity contribution in [3.63, 3.8) is 0 Å². The molecule has 1 aliphatic heterocycles. The van der Waals surface area contributed by atoms with Crippen LogP contribution in [0.25, 0.3) is 11.1 Å². The summed E-state index contributed by atoms with van der Waals surface area (Å²) in [6, 6.07) is 5.36. The molecular weight excluding hydrogens is 274 g/mol. The zero-order valence-electron chi connectivity index (χ0n) is 9.56. The van der Waals surface area contributed by atoms with E-state index < -0.39 is 0 Å². The van der Waals surface area contributed by atoms with Gasteiger partial charge >= 0.3 is 0 Å². The third kappa shape index (κ3) is 2.23. The van der Waals surface area contributed by atoms with Crippen LogP contribution in [-0.2, 0) is 4.74 Å². The van der Waals surface area contributed by atoms with E-state index in [9.17, 15) is 5.11 Å². The maximum absolute atomic E-state index is 9.33. The number of fused-ring (bicyclic) bond motifs is 1. The molecule has 18 heavy (non-hydrogen) atoms. The molecule has 0 radical (unpaired) electrons. The second kappa shape index (κ2) is 4.74. The highest BCUT2D eigenvalue weighted by Gasteiger charge is 2.38. The average Bonchev–Trinajstić information content (AvgIpc) is 2.70. The van der Waals surface area contributed by atoms with E-state index in [0.717, 1.165) is 16.9 Å². The standard InChI is InChI=1S/C12H12ClNO3S/c13-8-1-2-10-9(3-8)14-11(17-10)18-7-12(4-15)5-16-6-12/h1-3,15H,4-7H2. The highest BCUT2D eigenvalue weighted by Crippen LogP contribution is 2.35. The van der Waals surface area contributed by atoms with Gasteiger partial charge in [-0.15, -0.1) is 0 Å². The first kappa shape index (κ1) is 12.3. The Bertz CT molecular complexity index is 562. The molecule has 0 spiro atoms. The topological polar surface area (TPSA) is 55.5 Å². The number of aromatic nitrogens is 1. The fourth-order valence-corrected chi connectivity index (χ4v) is 2.93. The van der Waals surface area contributed by atoms with Crippen molar-refractivity contribution < 1.29 is 14.3 Å². The Morgan fingerprint density at radius 1 is 1.44 bits per heavy atom. The van der Waals surface area contributed by atoms with Crippen LogP contribution in [0, 0.1) is 5.41 Å². The molecular formula is C12H12ClNO3S. The lowest BCUT2D eigenvalue weighted by atomic mass is 9.90. The summed E-state index contributed by atoms with van der Waals surface area (Å²) in [6.07, 6.45) is 0. The SMILES string of the molecule is OCC1(CSc2nc3cc(Cl)ccc3o2)COC1. The predicted octanol–water partition coefficient (Wildman–Crippen LogP) is 2.58. The number of hydrogen-bond acceptors (Lipinski definition) is 5. The van der Waals surface area contributed by atoms with Gasteiger partial charge < -0.3 is 14.3 Å². The quantitative estimate of drug-likeness (QED) is 0.875. The highest BCUT2D eigenvalue weighted by atomic mass is 35.5. The fourth-order valence-electron chi connectivity index (χ4n) is 1.77. The number of benzene rings is 1. The summed E-state index contributed by atoms with van der Waals surface area (Å²) in [4.78, 5) is 4.36. The van der Waals surface area contributed by atoms with Gasteiger partial charge in [-0.3, -0.25) is 0 Å². The molecule has 6 heteroatoms. The summed E-state index contributed by atoms with van der Waals surface area (Å²) in [5.41, 5.74) is 1.35. The minimum Gasteiger partial charge on any atom is -0.431 e. The number of rotatable bonds is 4. The fraction of sp³-hybridized carbons (Fsp3) is 0.417. The van der Waals surface area contributed by atoms with E-state index in [0.29, 0.717) is 23.5 Å². The molecule has 1 saturated heterocycles. The lowest BCUT2D eigenvalue weighted by Crippen LogP contribution is -2.47. The maximum atomic E-state index is 9.33. The summed E-state index contributed by atoms with van der Waals surface area (Å²) >= 11 is 7.39. The Labute approximate surface area is 113 Å². The van der Waals surface area contributed by atoms with Crippen molar-refractivity contribution in [2.45, 2.75) is 5.22 Å². The van der Waals surface area contributed by atoms with Crippen LogP contribution in [0.15, 0.2) is 27.8 Å². The Morgan fingerprint density at radius 3 is 2.94 bits per heavy atom. The van der Waals surface area contributed by atoms with Crippen LogP contribution in [0.4, 0.5) is 0 Å². The zero-order chi connectivity index (χ0) is 12.6. The van der Waals surface area contributed by atoms with Crippen LogP contribution < -0.4 is 0 Å². The van der Waals surface area contributed by atoms with Gasteiger partial charge in [-0.1, -0.05) is 23.4 Å². The minimum absolute atomic E-state index is 0.131. The molecule has 0 bridgehead atoms. The van der Waals surface area contributed by atoms with Crippen molar-refractivity contribution in [3.05, 3.63) is 23.2 Å². The number of hydrogen-bond donors (Lipinski definition) is 1. The van der Waals surface area contributed by atoms with E-state index >= 15 is 0 Å². The van der Waals surface area contributed by atoms with Gasteiger partial charge in [-0.2, -0.15) is 0 Å². The van der Waals surface area contributed by atoms with Crippen molar-refractivity contribution >= 4 is 34.5 Å². The Balaban J connectivity index is 1.74. The number of aliphatic hydroxyl groups excluding tert-OH is 1. The zero-order valence-corrected chi connectivity index (χ0v) is 11.1. The van der Waals surface area contributed by atoms with Crippen LogP contribution in [-0.4, -0.2) is 35.7 Å². The van der Waals surface area contributed by atoms with Crippen molar-refractivity contribution in [2.75, 3.05) is 25.6 Å². The highest BCUT2D eigenvalue weighted by molar-refractivity contribution is 7.99. The second-order valence-corrected chi connectivity index (χ2v) is 5.89. The third-order valence-corrected chi connectivity index (χ3v) is 4.40. The second-order valence-electron chi connectivity index (χ2n) is 4.53. The predicted molar refractivity (Wildman–Crippen MR) is 70.1 cm³/mol. The van der Waals surface area contributed by atoms with Gasteiger partial charge in [0.15, 0.2) is 5.58 Å². The molecule has 1 fully saturated rings. The van der Waals surface area contributed by atoms with Gasteiger partial charge in [-0.25, -0.2) is 4.98 Å². The molecule has 1 N–H and O–H groups in total. The number of nitrogens with zero attached hydrogens (tertiary/aromatic N) is 1. The number of aliphatic hydroxyl groups is 1. The molecule has 1 aromatic carbocycles. The maximum Gasteiger partial charge on any atom is 0.256 e. The van der Waals surface area contributed by atoms with Gasteiger partial charge in [0.2, 0.25) is 0 Å². The van der Waals surface area contributed by atoms with Gasteiger partial charge in [0, 0.05) is 16.2 Å². The van der Waals surface area contributed by atoms with E-state index in [-0.39, 0.29) is 12.0 Å². The molecule has 96 valence electrons. The van der Waals surface area contributed by atoms with E-state index in [1.165, 1.54) is 11.8 Å².